The number of hydrogen-bond donors (Lipinski definition) is 1. The van der Waals surface area contributed by atoms with Crippen LogP contribution in [0.25, 0.3) is 0 Å². The zero-order chi connectivity index (χ0) is 18.1. The highest BCUT2D eigenvalue weighted by atomic mass is 16.5. The highest BCUT2D eigenvalue weighted by Gasteiger charge is 2.39. The van der Waals surface area contributed by atoms with E-state index in [2.05, 4.69) is 15.2 Å². The number of hydrogen-bond acceptors (Lipinski definition) is 6. The van der Waals surface area contributed by atoms with Crippen LogP contribution in [0.5, 0.6) is 0 Å². The van der Waals surface area contributed by atoms with Crippen LogP contribution in [0.4, 0.5) is 0 Å². The maximum Gasteiger partial charge on any atom is 0.226 e. The molecule has 8 heteroatoms. The second-order valence-electron chi connectivity index (χ2n) is 7.91. The lowest BCUT2D eigenvalue weighted by Gasteiger charge is -2.38. The smallest absolute Gasteiger partial charge is 0.226 e. The van der Waals surface area contributed by atoms with Gasteiger partial charge in [-0.3, -0.25) is 9.48 Å². The van der Waals surface area contributed by atoms with Crippen LogP contribution in [0.3, 0.4) is 0 Å². The number of aromatic nitrogens is 3. The molecule has 2 aliphatic heterocycles. The van der Waals surface area contributed by atoms with E-state index < -0.39 is 0 Å². The van der Waals surface area contributed by atoms with Gasteiger partial charge in [-0.25, -0.2) is 0 Å². The number of carbonyl (C=O) groups excluding carboxylic acids is 1. The molecule has 1 aromatic rings. The minimum absolute atomic E-state index is 0.0417. The Bertz CT molecular complexity index is 637. The third-order valence-electron chi connectivity index (χ3n) is 5.96. The molecule has 1 atom stereocenters. The summed E-state index contributed by atoms with van der Waals surface area (Å²) in [5.41, 5.74) is 1.96. The van der Waals surface area contributed by atoms with Gasteiger partial charge in [0.25, 0.3) is 0 Å². The molecule has 26 heavy (non-hydrogen) atoms. The first kappa shape index (κ1) is 17.9. The molecule has 4 rings (SSSR count). The summed E-state index contributed by atoms with van der Waals surface area (Å²) in [5, 5.41) is 17.9. The first-order valence-electron chi connectivity index (χ1n) is 9.77. The summed E-state index contributed by atoms with van der Waals surface area (Å²) in [6.07, 6.45) is 3.43. The predicted octanol–water partition coefficient (Wildman–Crippen LogP) is 0.124. The fourth-order valence-corrected chi connectivity index (χ4v) is 4.39. The van der Waals surface area contributed by atoms with Crippen molar-refractivity contribution >= 4 is 5.91 Å². The van der Waals surface area contributed by atoms with Gasteiger partial charge in [-0.1, -0.05) is 5.21 Å². The van der Waals surface area contributed by atoms with Gasteiger partial charge in [0.1, 0.15) is 5.69 Å². The minimum atomic E-state index is -0.314. The summed E-state index contributed by atoms with van der Waals surface area (Å²) in [5.74, 6) is 0.194. The van der Waals surface area contributed by atoms with E-state index in [1.165, 1.54) is 25.9 Å². The Morgan fingerprint density at radius 3 is 2.81 bits per heavy atom. The van der Waals surface area contributed by atoms with E-state index in [9.17, 15) is 9.90 Å². The van der Waals surface area contributed by atoms with E-state index >= 15 is 0 Å². The molecule has 3 aliphatic rings. The van der Waals surface area contributed by atoms with Crippen LogP contribution in [0, 0.1) is 5.92 Å². The Hall–Kier alpha value is -1.51. The van der Waals surface area contributed by atoms with Gasteiger partial charge in [0.15, 0.2) is 0 Å². The number of ether oxygens (including phenoxy) is 1. The lowest BCUT2D eigenvalue weighted by Crippen LogP contribution is -2.47. The number of amides is 1. The highest BCUT2D eigenvalue weighted by Crippen LogP contribution is 2.33. The first-order chi connectivity index (χ1) is 12.6. The molecule has 1 N–H and O–H groups in total. The largest absolute Gasteiger partial charge is 0.393 e. The lowest BCUT2D eigenvalue weighted by molar-refractivity contribution is -0.144. The summed E-state index contributed by atoms with van der Waals surface area (Å²) in [6, 6.07) is 0. The number of nitrogens with zero attached hydrogens (tertiary/aromatic N) is 5. The third kappa shape index (κ3) is 3.63. The van der Waals surface area contributed by atoms with Crippen LogP contribution in [-0.2, 0) is 23.1 Å². The van der Waals surface area contributed by atoms with Crippen molar-refractivity contribution in [2.45, 2.75) is 44.2 Å². The topological polar surface area (TPSA) is 83.7 Å². The molecule has 144 valence electrons. The second kappa shape index (κ2) is 7.62. The molecule has 8 nitrogen and oxygen atoms in total. The van der Waals surface area contributed by atoms with Crippen LogP contribution < -0.4 is 0 Å². The average Bonchev–Trinajstić information content (AvgIpc) is 3.25. The van der Waals surface area contributed by atoms with Crippen LogP contribution in [0.15, 0.2) is 0 Å². The molecule has 0 radical (unpaired) electrons. The molecule has 0 aromatic carbocycles. The number of fused-ring (bicyclic) bond motifs is 1. The highest BCUT2D eigenvalue weighted by molar-refractivity contribution is 5.80. The van der Waals surface area contributed by atoms with E-state index in [1.54, 1.807) is 0 Å². The quantitative estimate of drug-likeness (QED) is 0.723. The zero-order valence-corrected chi connectivity index (χ0v) is 15.5. The van der Waals surface area contributed by atoms with Crippen molar-refractivity contribution in [1.29, 1.82) is 0 Å². The molecule has 0 bridgehead atoms. The molecule has 1 saturated heterocycles. The summed E-state index contributed by atoms with van der Waals surface area (Å²) < 4.78 is 7.79. The van der Waals surface area contributed by atoms with E-state index in [0.29, 0.717) is 32.5 Å². The monoisotopic (exact) mass is 363 g/mol. The second-order valence-corrected chi connectivity index (χ2v) is 7.91. The van der Waals surface area contributed by atoms with Crippen molar-refractivity contribution in [3.63, 3.8) is 0 Å². The fourth-order valence-electron chi connectivity index (χ4n) is 4.39. The Kier molecular flexibility index (Phi) is 5.24. The number of carbonyl (C=O) groups is 1. The molecular formula is C18H29N5O3. The van der Waals surface area contributed by atoms with Crippen LogP contribution in [0.1, 0.15) is 43.0 Å². The van der Waals surface area contributed by atoms with Crippen LogP contribution >= 0.6 is 0 Å². The van der Waals surface area contributed by atoms with Gasteiger partial charge >= 0.3 is 0 Å². The van der Waals surface area contributed by atoms with Crippen molar-refractivity contribution in [2.75, 3.05) is 39.4 Å². The molecule has 0 unspecified atom stereocenters. The number of aliphatic hydroxyl groups is 1. The minimum Gasteiger partial charge on any atom is -0.393 e. The lowest BCUT2D eigenvalue weighted by atomic mass is 9.81. The van der Waals surface area contributed by atoms with Gasteiger partial charge in [-0.15, -0.1) is 5.10 Å². The number of aliphatic hydroxyl groups excluding tert-OH is 1. The summed E-state index contributed by atoms with van der Waals surface area (Å²) >= 11 is 0. The third-order valence-corrected chi connectivity index (χ3v) is 5.96. The van der Waals surface area contributed by atoms with Crippen molar-refractivity contribution in [3.05, 3.63) is 11.4 Å². The standard InChI is InChI=1S/C18H29N5O3/c1-21-17-14(12-26-7-6-22-4-2-3-5-22)10-23(11-16(17)19-20-21)18(25)13-8-15(24)9-13/h13-15,24H,2-12H2,1H3/t13?,14-,15?/m0/s1. The van der Waals surface area contributed by atoms with E-state index in [-0.39, 0.29) is 23.8 Å². The van der Waals surface area contributed by atoms with Gasteiger partial charge in [0, 0.05) is 32.0 Å². The SMILES string of the molecule is Cn1nnc2c1[C@H](COCCN1CCCC1)CN(C(=O)C1CC(O)C1)C2. The molecular weight excluding hydrogens is 334 g/mol. The molecule has 1 saturated carbocycles. The van der Waals surface area contributed by atoms with Crippen LogP contribution in [0.2, 0.25) is 0 Å². The van der Waals surface area contributed by atoms with Gasteiger partial charge in [0.05, 0.1) is 31.6 Å². The van der Waals surface area contributed by atoms with Gasteiger partial charge in [-0.05, 0) is 38.8 Å². The zero-order valence-electron chi connectivity index (χ0n) is 15.5. The van der Waals surface area contributed by atoms with Gasteiger partial charge in [-0.2, -0.15) is 0 Å². The molecule has 1 aliphatic carbocycles. The maximum atomic E-state index is 12.7. The molecule has 3 heterocycles. The summed E-state index contributed by atoms with van der Waals surface area (Å²) in [4.78, 5) is 17.0. The van der Waals surface area contributed by atoms with E-state index in [0.717, 1.165) is 24.5 Å². The Balaban J connectivity index is 1.35. The summed E-state index contributed by atoms with van der Waals surface area (Å²) in [7, 11) is 1.91. The Morgan fingerprint density at radius 1 is 1.31 bits per heavy atom. The maximum absolute atomic E-state index is 12.7. The van der Waals surface area contributed by atoms with Gasteiger partial charge in [0.2, 0.25) is 5.91 Å². The normalized spacial score (nSPS) is 28.8. The summed E-state index contributed by atoms with van der Waals surface area (Å²) in [6.45, 7) is 5.79. The van der Waals surface area contributed by atoms with E-state index in [1.807, 2.05) is 16.6 Å². The Labute approximate surface area is 154 Å². The predicted molar refractivity (Wildman–Crippen MR) is 94.4 cm³/mol. The average molecular weight is 363 g/mol. The molecule has 0 spiro atoms. The molecule has 1 amide bonds. The van der Waals surface area contributed by atoms with Gasteiger partial charge < -0.3 is 19.6 Å². The number of likely N-dealkylation sites (tertiary alicyclic amines) is 1. The van der Waals surface area contributed by atoms with Crippen molar-refractivity contribution < 1.29 is 14.6 Å². The molecule has 1 aromatic heterocycles. The molecule has 2 fully saturated rings. The van der Waals surface area contributed by atoms with Crippen LogP contribution in [-0.4, -0.2) is 81.3 Å². The van der Waals surface area contributed by atoms with E-state index in [4.69, 9.17) is 4.74 Å². The fraction of sp³-hybridized carbons (Fsp3) is 0.833. The van der Waals surface area contributed by atoms with Crippen molar-refractivity contribution in [1.82, 2.24) is 24.8 Å². The van der Waals surface area contributed by atoms with Crippen molar-refractivity contribution in [3.8, 4) is 0 Å². The van der Waals surface area contributed by atoms with Crippen molar-refractivity contribution in [2.24, 2.45) is 13.0 Å². The Morgan fingerprint density at radius 2 is 2.08 bits per heavy atom. The number of rotatable bonds is 6. The first-order valence-corrected chi connectivity index (χ1v) is 9.77. The number of aryl methyl sites for hydroxylation is 1.